The highest BCUT2D eigenvalue weighted by molar-refractivity contribution is 6.31. The SMILES string of the molecule is COc1cccc(-c2nc3cc(Cl)cc(C)c3o2)c1. The fraction of sp³-hybridized carbons (Fsp3) is 0.133. The van der Waals surface area contributed by atoms with E-state index in [0.717, 1.165) is 28.0 Å². The van der Waals surface area contributed by atoms with Crippen molar-refractivity contribution >= 4 is 22.7 Å². The molecule has 0 aliphatic rings. The summed E-state index contributed by atoms with van der Waals surface area (Å²) >= 11 is 6.03. The largest absolute Gasteiger partial charge is 0.497 e. The molecule has 0 amide bonds. The molecule has 0 fully saturated rings. The van der Waals surface area contributed by atoms with E-state index >= 15 is 0 Å². The zero-order valence-electron chi connectivity index (χ0n) is 10.6. The summed E-state index contributed by atoms with van der Waals surface area (Å²) in [4.78, 5) is 4.47. The van der Waals surface area contributed by atoms with Crippen LogP contribution in [0.1, 0.15) is 5.56 Å². The third-order valence-electron chi connectivity index (χ3n) is 2.96. The molecule has 3 aromatic rings. The number of nitrogens with zero attached hydrogens (tertiary/aromatic N) is 1. The van der Waals surface area contributed by atoms with Crippen LogP contribution in [-0.4, -0.2) is 12.1 Å². The van der Waals surface area contributed by atoms with E-state index in [1.165, 1.54) is 0 Å². The first-order valence-electron chi connectivity index (χ1n) is 5.88. The summed E-state index contributed by atoms with van der Waals surface area (Å²) < 4.78 is 11.0. The number of hydrogen-bond donors (Lipinski definition) is 0. The van der Waals surface area contributed by atoms with Crippen LogP contribution in [-0.2, 0) is 0 Å². The highest BCUT2D eigenvalue weighted by Gasteiger charge is 2.11. The molecule has 0 aliphatic carbocycles. The monoisotopic (exact) mass is 273 g/mol. The van der Waals surface area contributed by atoms with Gasteiger partial charge in [-0.1, -0.05) is 17.7 Å². The van der Waals surface area contributed by atoms with Gasteiger partial charge < -0.3 is 9.15 Å². The van der Waals surface area contributed by atoms with Crippen LogP contribution in [0, 0.1) is 6.92 Å². The minimum Gasteiger partial charge on any atom is -0.497 e. The molecule has 0 radical (unpaired) electrons. The number of oxazole rings is 1. The van der Waals surface area contributed by atoms with Crippen molar-refractivity contribution in [2.45, 2.75) is 6.92 Å². The standard InChI is InChI=1S/C15H12ClNO2/c1-9-6-11(16)8-13-14(9)19-15(17-13)10-4-3-5-12(7-10)18-2/h3-8H,1-2H3. The number of ether oxygens (including phenoxy) is 1. The molecule has 0 unspecified atom stereocenters. The maximum absolute atomic E-state index is 6.03. The van der Waals surface area contributed by atoms with Gasteiger partial charge in [0.15, 0.2) is 5.58 Å². The number of methoxy groups -OCH3 is 1. The Morgan fingerprint density at radius 1 is 1.21 bits per heavy atom. The van der Waals surface area contributed by atoms with Crippen molar-refractivity contribution in [2.24, 2.45) is 0 Å². The number of rotatable bonds is 2. The summed E-state index contributed by atoms with van der Waals surface area (Å²) in [5.74, 6) is 1.34. The number of hydrogen-bond acceptors (Lipinski definition) is 3. The zero-order valence-corrected chi connectivity index (χ0v) is 11.4. The van der Waals surface area contributed by atoms with Gasteiger partial charge in [-0.2, -0.15) is 0 Å². The normalized spacial score (nSPS) is 10.9. The first-order chi connectivity index (χ1) is 9.17. The van der Waals surface area contributed by atoms with Crippen LogP contribution in [0.5, 0.6) is 5.75 Å². The smallest absolute Gasteiger partial charge is 0.227 e. The van der Waals surface area contributed by atoms with Crippen LogP contribution in [0.25, 0.3) is 22.6 Å². The maximum Gasteiger partial charge on any atom is 0.227 e. The molecule has 3 rings (SSSR count). The highest BCUT2D eigenvalue weighted by atomic mass is 35.5. The van der Waals surface area contributed by atoms with E-state index in [4.69, 9.17) is 20.8 Å². The van der Waals surface area contributed by atoms with Crippen LogP contribution in [0.4, 0.5) is 0 Å². The van der Waals surface area contributed by atoms with Crippen LogP contribution in [0.2, 0.25) is 5.02 Å². The number of benzene rings is 2. The number of halogens is 1. The van der Waals surface area contributed by atoms with Crippen LogP contribution >= 0.6 is 11.6 Å². The van der Waals surface area contributed by atoms with Gasteiger partial charge in [0.25, 0.3) is 0 Å². The molecule has 0 bridgehead atoms. The van der Waals surface area contributed by atoms with Gasteiger partial charge in [-0.15, -0.1) is 0 Å². The molecule has 19 heavy (non-hydrogen) atoms. The van der Waals surface area contributed by atoms with E-state index in [1.54, 1.807) is 13.2 Å². The second kappa shape index (κ2) is 4.59. The van der Waals surface area contributed by atoms with Gasteiger partial charge in [-0.25, -0.2) is 4.98 Å². The van der Waals surface area contributed by atoms with E-state index in [2.05, 4.69) is 4.98 Å². The predicted octanol–water partition coefficient (Wildman–Crippen LogP) is 4.47. The van der Waals surface area contributed by atoms with Crippen molar-refractivity contribution in [1.82, 2.24) is 4.98 Å². The first-order valence-corrected chi connectivity index (χ1v) is 6.26. The lowest BCUT2D eigenvalue weighted by Gasteiger charge is -2.00. The fourth-order valence-electron chi connectivity index (χ4n) is 2.04. The van der Waals surface area contributed by atoms with Gasteiger partial charge >= 0.3 is 0 Å². The van der Waals surface area contributed by atoms with Crippen molar-refractivity contribution in [3.63, 3.8) is 0 Å². The average molecular weight is 274 g/mol. The summed E-state index contributed by atoms with van der Waals surface area (Å²) in [6, 6.07) is 11.3. The minimum atomic E-state index is 0.569. The van der Waals surface area contributed by atoms with E-state index < -0.39 is 0 Å². The Morgan fingerprint density at radius 3 is 2.84 bits per heavy atom. The molecule has 2 aromatic carbocycles. The Morgan fingerprint density at radius 2 is 2.05 bits per heavy atom. The first kappa shape index (κ1) is 12.1. The number of aryl methyl sites for hydroxylation is 1. The molecule has 0 spiro atoms. The van der Waals surface area contributed by atoms with Crippen molar-refractivity contribution in [3.05, 3.63) is 47.0 Å². The van der Waals surface area contributed by atoms with Gasteiger partial charge in [0.2, 0.25) is 5.89 Å². The van der Waals surface area contributed by atoms with Crippen LogP contribution < -0.4 is 4.74 Å². The molecule has 4 heteroatoms. The lowest BCUT2D eigenvalue weighted by Crippen LogP contribution is -1.83. The molecule has 0 aliphatic heterocycles. The average Bonchev–Trinajstić information content (AvgIpc) is 2.83. The molecular formula is C15H12ClNO2. The van der Waals surface area contributed by atoms with Crippen molar-refractivity contribution in [3.8, 4) is 17.2 Å². The highest BCUT2D eigenvalue weighted by Crippen LogP contribution is 2.30. The molecule has 0 N–H and O–H groups in total. The minimum absolute atomic E-state index is 0.569. The molecule has 0 saturated carbocycles. The summed E-state index contributed by atoms with van der Waals surface area (Å²) in [7, 11) is 1.63. The Balaban J connectivity index is 2.17. The van der Waals surface area contributed by atoms with Crippen molar-refractivity contribution in [1.29, 1.82) is 0 Å². The van der Waals surface area contributed by atoms with E-state index in [-0.39, 0.29) is 0 Å². The Bertz CT molecular complexity index is 749. The Kier molecular flexibility index (Phi) is 2.91. The summed E-state index contributed by atoms with van der Waals surface area (Å²) in [6.07, 6.45) is 0. The summed E-state index contributed by atoms with van der Waals surface area (Å²) in [5.41, 5.74) is 3.39. The second-order valence-electron chi connectivity index (χ2n) is 4.32. The van der Waals surface area contributed by atoms with E-state index in [9.17, 15) is 0 Å². The molecule has 1 aromatic heterocycles. The quantitative estimate of drug-likeness (QED) is 0.691. The maximum atomic E-state index is 6.03. The summed E-state index contributed by atoms with van der Waals surface area (Å²) in [5, 5.41) is 0.662. The van der Waals surface area contributed by atoms with Crippen molar-refractivity contribution < 1.29 is 9.15 Å². The van der Waals surface area contributed by atoms with Gasteiger partial charge in [-0.3, -0.25) is 0 Å². The third-order valence-corrected chi connectivity index (χ3v) is 3.18. The van der Waals surface area contributed by atoms with Gasteiger partial charge in [0, 0.05) is 10.6 Å². The number of aromatic nitrogens is 1. The fourth-order valence-corrected chi connectivity index (χ4v) is 2.30. The zero-order chi connectivity index (χ0) is 13.4. The van der Waals surface area contributed by atoms with Crippen molar-refractivity contribution in [2.75, 3.05) is 7.11 Å². The van der Waals surface area contributed by atoms with Gasteiger partial charge in [0.05, 0.1) is 7.11 Å². The van der Waals surface area contributed by atoms with E-state index in [1.807, 2.05) is 37.3 Å². The Labute approximate surface area is 115 Å². The molecule has 96 valence electrons. The lowest BCUT2D eigenvalue weighted by atomic mass is 10.2. The van der Waals surface area contributed by atoms with Gasteiger partial charge in [-0.05, 0) is 42.8 Å². The number of fused-ring (bicyclic) bond motifs is 1. The second-order valence-corrected chi connectivity index (χ2v) is 4.76. The third kappa shape index (κ3) is 2.17. The topological polar surface area (TPSA) is 35.3 Å². The molecule has 3 nitrogen and oxygen atoms in total. The molecule has 0 saturated heterocycles. The van der Waals surface area contributed by atoms with E-state index in [0.29, 0.717) is 10.9 Å². The van der Waals surface area contributed by atoms with Gasteiger partial charge in [0.1, 0.15) is 11.3 Å². The predicted molar refractivity (Wildman–Crippen MR) is 75.7 cm³/mol. The molecule has 0 atom stereocenters. The Hall–Kier alpha value is -2.00. The van der Waals surface area contributed by atoms with Crippen LogP contribution in [0.15, 0.2) is 40.8 Å². The lowest BCUT2D eigenvalue weighted by molar-refractivity contribution is 0.415. The molecule has 1 heterocycles. The molecular weight excluding hydrogens is 262 g/mol. The summed E-state index contributed by atoms with van der Waals surface area (Å²) in [6.45, 7) is 1.95. The van der Waals surface area contributed by atoms with Crippen LogP contribution in [0.3, 0.4) is 0 Å².